The number of benzene rings is 3. The molecule has 0 radical (unpaired) electrons. The van der Waals surface area contributed by atoms with E-state index in [2.05, 4.69) is 4.74 Å². The average molecular weight is 494 g/mol. The van der Waals surface area contributed by atoms with Crippen LogP contribution in [0.3, 0.4) is 0 Å². The monoisotopic (exact) mass is 494 g/mol. The Morgan fingerprint density at radius 3 is 2.14 bits per heavy atom. The van der Waals surface area contributed by atoms with Crippen molar-refractivity contribution in [3.8, 4) is 16.9 Å². The minimum atomic E-state index is -4.51. The van der Waals surface area contributed by atoms with Crippen LogP contribution in [-0.4, -0.2) is 6.67 Å². The molecule has 1 nitrogen and oxygen atoms in total. The predicted molar refractivity (Wildman–Crippen MR) is 121 cm³/mol. The number of allylic oxidation sites excluding steroid dienone is 4. The molecule has 35 heavy (non-hydrogen) atoms. The molecule has 0 atom stereocenters. The molecule has 0 fully saturated rings. The van der Waals surface area contributed by atoms with Crippen LogP contribution in [0, 0.1) is 30.2 Å². The molecule has 8 heteroatoms. The first-order valence-electron chi connectivity index (χ1n) is 10.6. The summed E-state index contributed by atoms with van der Waals surface area (Å²) >= 11 is 0. The first-order chi connectivity index (χ1) is 16.6. The predicted octanol–water partition coefficient (Wildman–Crippen LogP) is 8.67. The van der Waals surface area contributed by atoms with Crippen LogP contribution >= 0.6 is 0 Å². The molecule has 0 N–H and O–H groups in total. The largest absolute Gasteiger partial charge is 0.432 e. The lowest BCUT2D eigenvalue weighted by atomic mass is 10.0. The van der Waals surface area contributed by atoms with Crippen molar-refractivity contribution in [1.29, 1.82) is 0 Å². The first kappa shape index (κ1) is 26.1. The smallest absolute Gasteiger partial charge is 0.429 e. The summed E-state index contributed by atoms with van der Waals surface area (Å²) in [6.45, 7) is 2.62. The number of hydrogen-bond acceptors (Lipinski definition) is 1. The number of rotatable bonds is 8. The molecule has 0 bridgehead atoms. The van der Waals surface area contributed by atoms with Gasteiger partial charge in [-0.05, 0) is 60.4 Å². The van der Waals surface area contributed by atoms with Crippen LogP contribution in [0.25, 0.3) is 16.7 Å². The number of hydrogen-bond donors (Lipinski definition) is 0. The van der Waals surface area contributed by atoms with E-state index in [1.807, 2.05) is 0 Å². The zero-order chi connectivity index (χ0) is 25.8. The Bertz CT molecular complexity index is 1260. The van der Waals surface area contributed by atoms with Gasteiger partial charge in [-0.3, -0.25) is 0 Å². The molecule has 0 unspecified atom stereocenters. The van der Waals surface area contributed by atoms with Crippen LogP contribution in [0.5, 0.6) is 5.75 Å². The fourth-order valence-electron chi connectivity index (χ4n) is 3.51. The number of aryl methyl sites for hydroxylation is 1. The van der Waals surface area contributed by atoms with Gasteiger partial charge in [0.1, 0.15) is 41.3 Å². The maximum absolute atomic E-state index is 14.7. The van der Waals surface area contributed by atoms with Crippen LogP contribution in [0.1, 0.15) is 30.0 Å². The van der Waals surface area contributed by atoms with Gasteiger partial charge in [-0.1, -0.05) is 37.3 Å². The van der Waals surface area contributed by atoms with Crippen molar-refractivity contribution in [2.75, 3.05) is 6.67 Å². The van der Waals surface area contributed by atoms with Gasteiger partial charge >= 0.3 is 6.11 Å². The van der Waals surface area contributed by atoms with Gasteiger partial charge in [0.15, 0.2) is 0 Å². The molecule has 0 spiro atoms. The van der Waals surface area contributed by atoms with Crippen molar-refractivity contribution in [1.82, 2.24) is 0 Å². The van der Waals surface area contributed by atoms with Crippen molar-refractivity contribution in [2.24, 2.45) is 0 Å². The highest BCUT2D eigenvalue weighted by atomic mass is 19.3. The topological polar surface area (TPSA) is 9.23 Å². The van der Waals surface area contributed by atoms with Crippen molar-refractivity contribution in [3.63, 3.8) is 0 Å². The van der Waals surface area contributed by atoms with Crippen molar-refractivity contribution >= 4 is 5.57 Å². The second-order valence-corrected chi connectivity index (χ2v) is 7.68. The minimum Gasteiger partial charge on any atom is -0.429 e. The fourth-order valence-corrected chi connectivity index (χ4v) is 3.51. The lowest BCUT2D eigenvalue weighted by Crippen LogP contribution is -2.25. The maximum Gasteiger partial charge on any atom is 0.432 e. The van der Waals surface area contributed by atoms with E-state index < -0.39 is 47.4 Å². The SMILES string of the molecule is CC/C=C(\C=C/CF)c1ccc(OC(F)(F)c2c(F)cc(-c3ccc(C)cc3F)cc2F)cc1F. The molecular formula is C27H21F7O. The molecule has 0 aliphatic rings. The molecular weight excluding hydrogens is 473 g/mol. The summed E-state index contributed by atoms with van der Waals surface area (Å²) in [6.07, 6.45) is 0.117. The molecule has 0 aliphatic heterocycles. The van der Waals surface area contributed by atoms with E-state index in [0.29, 0.717) is 35.8 Å². The Morgan fingerprint density at radius 1 is 0.886 bits per heavy atom. The molecule has 0 aliphatic carbocycles. The lowest BCUT2D eigenvalue weighted by molar-refractivity contribution is -0.189. The summed E-state index contributed by atoms with van der Waals surface area (Å²) in [4.78, 5) is 0. The van der Waals surface area contributed by atoms with E-state index >= 15 is 0 Å². The highest BCUT2D eigenvalue weighted by Gasteiger charge is 2.41. The van der Waals surface area contributed by atoms with Crippen LogP contribution in [-0.2, 0) is 6.11 Å². The van der Waals surface area contributed by atoms with Gasteiger partial charge in [0.05, 0.1) is 0 Å². The highest BCUT2D eigenvalue weighted by molar-refractivity contribution is 5.74. The van der Waals surface area contributed by atoms with E-state index in [1.165, 1.54) is 18.2 Å². The summed E-state index contributed by atoms with van der Waals surface area (Å²) in [5.41, 5.74) is -1.23. The van der Waals surface area contributed by atoms with E-state index in [1.54, 1.807) is 19.9 Å². The van der Waals surface area contributed by atoms with Gasteiger partial charge in [-0.25, -0.2) is 22.0 Å². The summed E-state index contributed by atoms with van der Waals surface area (Å²) in [5, 5.41) is 0. The zero-order valence-corrected chi connectivity index (χ0v) is 18.8. The molecule has 3 aromatic rings. The van der Waals surface area contributed by atoms with Crippen LogP contribution in [0.4, 0.5) is 30.7 Å². The quantitative estimate of drug-likeness (QED) is 0.225. The van der Waals surface area contributed by atoms with Crippen LogP contribution in [0.2, 0.25) is 0 Å². The Kier molecular flexibility index (Phi) is 8.04. The van der Waals surface area contributed by atoms with Gasteiger partial charge in [-0.15, -0.1) is 0 Å². The zero-order valence-electron chi connectivity index (χ0n) is 18.8. The Balaban J connectivity index is 1.93. The minimum absolute atomic E-state index is 0.00838. The van der Waals surface area contributed by atoms with E-state index in [9.17, 15) is 30.7 Å². The number of halogens is 7. The maximum atomic E-state index is 14.7. The standard InChI is InChI=1S/C27H21F7O/c1-3-5-17(6-4-11-28)20-10-8-19(15-23(20)30)35-27(33,34)26-24(31)13-18(14-25(26)32)21-9-7-16(2)12-22(21)29/h4-10,12-15H,3,11H2,1-2H3/b6-4-,17-5+. The number of alkyl halides is 3. The van der Waals surface area contributed by atoms with E-state index in [-0.39, 0.29) is 16.7 Å². The molecule has 0 saturated carbocycles. The Morgan fingerprint density at radius 2 is 1.57 bits per heavy atom. The van der Waals surface area contributed by atoms with E-state index in [0.717, 1.165) is 24.3 Å². The van der Waals surface area contributed by atoms with Crippen molar-refractivity contribution < 1.29 is 35.5 Å². The summed E-state index contributed by atoms with van der Waals surface area (Å²) in [7, 11) is 0. The van der Waals surface area contributed by atoms with Gasteiger partial charge in [0, 0.05) is 17.2 Å². The van der Waals surface area contributed by atoms with Gasteiger partial charge in [-0.2, -0.15) is 8.78 Å². The Hall–Kier alpha value is -3.55. The highest BCUT2D eigenvalue weighted by Crippen LogP contribution is 2.38. The van der Waals surface area contributed by atoms with Crippen LogP contribution < -0.4 is 4.74 Å². The molecule has 0 amide bonds. The van der Waals surface area contributed by atoms with Crippen molar-refractivity contribution in [3.05, 3.63) is 107 Å². The third-order valence-corrected chi connectivity index (χ3v) is 5.08. The lowest BCUT2D eigenvalue weighted by Gasteiger charge is -2.20. The second kappa shape index (κ2) is 10.8. The molecule has 0 heterocycles. The van der Waals surface area contributed by atoms with Gasteiger partial charge in [0.25, 0.3) is 0 Å². The number of ether oxygens (including phenoxy) is 1. The second-order valence-electron chi connectivity index (χ2n) is 7.68. The molecule has 3 aromatic carbocycles. The Labute approximate surface area is 198 Å². The summed E-state index contributed by atoms with van der Waals surface area (Å²) in [6, 6.07) is 7.86. The van der Waals surface area contributed by atoms with Crippen molar-refractivity contribution in [2.45, 2.75) is 26.4 Å². The first-order valence-corrected chi connectivity index (χ1v) is 10.6. The molecule has 0 aromatic heterocycles. The van der Waals surface area contributed by atoms with Gasteiger partial charge < -0.3 is 4.74 Å². The molecule has 0 saturated heterocycles. The van der Waals surface area contributed by atoms with Gasteiger partial charge in [0.2, 0.25) is 0 Å². The average Bonchev–Trinajstić information content (AvgIpc) is 2.76. The third-order valence-electron chi connectivity index (χ3n) is 5.08. The normalized spacial score (nSPS) is 12.4. The molecule has 184 valence electrons. The molecule has 3 rings (SSSR count). The summed E-state index contributed by atoms with van der Waals surface area (Å²) in [5.74, 6) is -5.73. The van der Waals surface area contributed by atoms with E-state index in [4.69, 9.17) is 0 Å². The summed E-state index contributed by atoms with van der Waals surface area (Å²) < 4.78 is 104. The van der Waals surface area contributed by atoms with Crippen LogP contribution in [0.15, 0.2) is 66.8 Å². The third kappa shape index (κ3) is 5.93. The fraction of sp³-hybridized carbons (Fsp3) is 0.185.